The minimum atomic E-state index is -1.30. The SMILES string of the molecule is CCN1CC(n2cc(-n3cc(C(=O)O)c(=O)c4cc(Cl)c(N5CCC[C@@H]5COc5ncccc5Cl)cc43)cn2)C1. The number of halogens is 2. The average molecular weight is 583 g/mol. The molecule has 1 atom stereocenters. The molecule has 0 radical (unpaired) electrons. The number of hydrogen-bond acceptors (Lipinski definition) is 7. The van der Waals surface area contributed by atoms with E-state index in [1.165, 1.54) is 6.20 Å². The van der Waals surface area contributed by atoms with Crippen LogP contribution in [0.5, 0.6) is 5.88 Å². The molecule has 0 bridgehead atoms. The lowest BCUT2D eigenvalue weighted by Crippen LogP contribution is -2.47. The Labute approximate surface area is 240 Å². The monoisotopic (exact) mass is 582 g/mol. The zero-order valence-electron chi connectivity index (χ0n) is 21.8. The number of rotatable bonds is 8. The van der Waals surface area contributed by atoms with E-state index < -0.39 is 11.4 Å². The van der Waals surface area contributed by atoms with Crippen molar-refractivity contribution in [3.8, 4) is 11.6 Å². The fourth-order valence-corrected chi connectivity index (χ4v) is 5.97. The molecule has 1 aromatic carbocycles. The number of anilines is 1. The second kappa shape index (κ2) is 10.8. The fraction of sp³-hybridized carbons (Fsp3) is 0.357. The highest BCUT2D eigenvalue weighted by Gasteiger charge is 2.30. The number of carboxylic acids is 1. The zero-order valence-corrected chi connectivity index (χ0v) is 23.3. The number of aromatic carboxylic acids is 1. The summed E-state index contributed by atoms with van der Waals surface area (Å²) in [5, 5.41) is 15.4. The minimum Gasteiger partial charge on any atom is -0.477 e. The van der Waals surface area contributed by atoms with Crippen LogP contribution >= 0.6 is 23.2 Å². The van der Waals surface area contributed by atoms with E-state index in [0.717, 1.165) is 44.7 Å². The van der Waals surface area contributed by atoms with Gasteiger partial charge in [-0.1, -0.05) is 30.1 Å². The number of hydrogen-bond donors (Lipinski definition) is 1. The highest BCUT2D eigenvalue weighted by atomic mass is 35.5. The van der Waals surface area contributed by atoms with Crippen LogP contribution in [0, 0.1) is 0 Å². The van der Waals surface area contributed by atoms with E-state index >= 15 is 0 Å². The molecule has 1 N–H and O–H groups in total. The largest absolute Gasteiger partial charge is 0.477 e. The summed E-state index contributed by atoms with van der Waals surface area (Å²) < 4.78 is 9.57. The Hall–Kier alpha value is -3.60. The molecule has 0 saturated carbocycles. The Bertz CT molecular complexity index is 1650. The molecule has 6 rings (SSSR count). The number of benzene rings is 1. The number of fused-ring (bicyclic) bond motifs is 1. The number of likely N-dealkylation sites (tertiary alicyclic amines) is 1. The summed E-state index contributed by atoms with van der Waals surface area (Å²) in [5.74, 6) is -0.919. The molecule has 0 unspecified atom stereocenters. The highest BCUT2D eigenvalue weighted by Crippen LogP contribution is 2.36. The second-order valence-corrected chi connectivity index (χ2v) is 11.0. The number of carboxylic acid groups (broad SMARTS) is 1. The summed E-state index contributed by atoms with van der Waals surface area (Å²) in [6, 6.07) is 7.16. The summed E-state index contributed by atoms with van der Waals surface area (Å²) in [6.07, 6.45) is 8.41. The van der Waals surface area contributed by atoms with Gasteiger partial charge in [-0.25, -0.2) is 9.78 Å². The van der Waals surface area contributed by atoms with Gasteiger partial charge in [0, 0.05) is 43.6 Å². The summed E-state index contributed by atoms with van der Waals surface area (Å²) >= 11 is 13.0. The van der Waals surface area contributed by atoms with Gasteiger partial charge in [-0.15, -0.1) is 0 Å². The first-order valence-corrected chi connectivity index (χ1v) is 14.0. The molecule has 3 aromatic heterocycles. The molecule has 4 aromatic rings. The third-order valence-electron chi connectivity index (χ3n) is 7.75. The predicted octanol–water partition coefficient (Wildman–Crippen LogP) is 4.51. The predicted molar refractivity (Wildman–Crippen MR) is 154 cm³/mol. The Morgan fingerprint density at radius 1 is 1.20 bits per heavy atom. The van der Waals surface area contributed by atoms with E-state index in [9.17, 15) is 14.7 Å². The standard InChI is InChI=1S/C28H28Cl2N6O4/c1-2-33-12-19(13-33)36-14-18(11-32-36)35-15-21(28(38)39)26(37)20-9-23(30)25(10-24(20)35)34-8-4-5-17(34)16-40-27-22(29)6-3-7-31-27/h3,6-7,9-11,14-15,17,19H,2,4-5,8,12-13,16H2,1H3,(H,38,39)/t17-/m1/s1. The van der Waals surface area contributed by atoms with Crippen LogP contribution in [0.25, 0.3) is 16.6 Å². The van der Waals surface area contributed by atoms with Crippen LogP contribution < -0.4 is 15.1 Å². The molecule has 2 aliphatic rings. The number of likely N-dealkylation sites (N-methyl/N-ethyl adjacent to an activating group) is 1. The average Bonchev–Trinajstić information content (AvgIpc) is 3.58. The van der Waals surface area contributed by atoms with Crippen molar-refractivity contribution in [1.29, 1.82) is 0 Å². The van der Waals surface area contributed by atoms with Gasteiger partial charge < -0.3 is 19.3 Å². The van der Waals surface area contributed by atoms with E-state index in [1.54, 1.807) is 35.2 Å². The van der Waals surface area contributed by atoms with Crippen LogP contribution in [0.15, 0.2) is 53.8 Å². The minimum absolute atomic E-state index is 0.00867. The van der Waals surface area contributed by atoms with Crippen molar-refractivity contribution in [3.05, 3.63) is 74.9 Å². The first kappa shape index (κ1) is 26.6. The lowest BCUT2D eigenvalue weighted by Gasteiger charge is -2.38. The summed E-state index contributed by atoms with van der Waals surface area (Å²) in [5.41, 5.74) is 1.06. The van der Waals surface area contributed by atoms with Crippen LogP contribution in [0.3, 0.4) is 0 Å². The molecule has 2 saturated heterocycles. The third kappa shape index (κ3) is 4.80. The van der Waals surface area contributed by atoms with Gasteiger partial charge in [-0.05, 0) is 43.7 Å². The lowest BCUT2D eigenvalue weighted by molar-refractivity contribution is 0.0695. The van der Waals surface area contributed by atoms with Crippen molar-refractivity contribution in [2.24, 2.45) is 0 Å². The van der Waals surface area contributed by atoms with Crippen molar-refractivity contribution in [2.45, 2.75) is 31.8 Å². The fourth-order valence-electron chi connectivity index (χ4n) is 5.52. The van der Waals surface area contributed by atoms with E-state index in [4.69, 9.17) is 27.9 Å². The Balaban J connectivity index is 1.39. The van der Waals surface area contributed by atoms with Crippen molar-refractivity contribution in [3.63, 3.8) is 0 Å². The summed E-state index contributed by atoms with van der Waals surface area (Å²) in [4.78, 5) is 33.9. The van der Waals surface area contributed by atoms with Gasteiger partial charge in [0.25, 0.3) is 0 Å². The third-order valence-corrected chi connectivity index (χ3v) is 8.34. The maximum absolute atomic E-state index is 13.2. The number of pyridine rings is 2. The molecular weight excluding hydrogens is 555 g/mol. The molecule has 12 heteroatoms. The Kier molecular flexibility index (Phi) is 7.16. The number of carbonyl (C=O) groups is 1. The smallest absolute Gasteiger partial charge is 0.341 e. The highest BCUT2D eigenvalue weighted by molar-refractivity contribution is 6.34. The normalized spacial score (nSPS) is 17.9. The van der Waals surface area contributed by atoms with Gasteiger partial charge in [0.2, 0.25) is 11.3 Å². The topological polar surface area (TPSA) is 106 Å². The summed E-state index contributed by atoms with van der Waals surface area (Å²) in [7, 11) is 0. The van der Waals surface area contributed by atoms with Crippen LogP contribution in [-0.2, 0) is 0 Å². The van der Waals surface area contributed by atoms with Crippen LogP contribution in [0.1, 0.15) is 36.2 Å². The maximum Gasteiger partial charge on any atom is 0.341 e. The van der Waals surface area contributed by atoms with Gasteiger partial charge in [-0.3, -0.25) is 14.4 Å². The summed E-state index contributed by atoms with van der Waals surface area (Å²) in [6.45, 7) is 6.03. The van der Waals surface area contributed by atoms with Crippen LogP contribution in [0.4, 0.5) is 5.69 Å². The Morgan fingerprint density at radius 2 is 2.02 bits per heavy atom. The van der Waals surface area contributed by atoms with E-state index in [-0.39, 0.29) is 23.0 Å². The van der Waals surface area contributed by atoms with Crippen molar-refractivity contribution >= 4 is 45.8 Å². The van der Waals surface area contributed by atoms with E-state index in [0.29, 0.717) is 33.7 Å². The molecule has 0 amide bonds. The van der Waals surface area contributed by atoms with Crippen molar-refractivity contribution < 1.29 is 14.6 Å². The van der Waals surface area contributed by atoms with Crippen LogP contribution in [-0.4, -0.2) is 74.1 Å². The number of nitrogens with zero attached hydrogens (tertiary/aromatic N) is 6. The quantitative estimate of drug-likeness (QED) is 0.323. The number of ether oxygens (including phenoxy) is 1. The van der Waals surface area contributed by atoms with Crippen molar-refractivity contribution in [2.75, 3.05) is 37.7 Å². The molecule has 2 aliphatic heterocycles. The first-order chi connectivity index (χ1) is 19.3. The number of aromatic nitrogens is 4. The van der Waals surface area contributed by atoms with E-state index in [1.807, 2.05) is 16.9 Å². The Morgan fingerprint density at radius 3 is 2.77 bits per heavy atom. The van der Waals surface area contributed by atoms with Gasteiger partial charge >= 0.3 is 5.97 Å². The molecular formula is C28H28Cl2N6O4. The molecule has 2 fully saturated rings. The molecule has 0 spiro atoms. The lowest BCUT2D eigenvalue weighted by atomic mass is 10.1. The van der Waals surface area contributed by atoms with Gasteiger partial charge in [0.05, 0.1) is 40.2 Å². The molecule has 0 aliphatic carbocycles. The van der Waals surface area contributed by atoms with Gasteiger partial charge in [0.15, 0.2) is 0 Å². The maximum atomic E-state index is 13.2. The molecule has 208 valence electrons. The zero-order chi connectivity index (χ0) is 28.0. The first-order valence-electron chi connectivity index (χ1n) is 13.2. The van der Waals surface area contributed by atoms with Gasteiger partial charge in [-0.2, -0.15) is 5.10 Å². The van der Waals surface area contributed by atoms with Gasteiger partial charge in [0.1, 0.15) is 17.2 Å². The van der Waals surface area contributed by atoms with E-state index in [2.05, 4.69) is 26.8 Å². The molecule has 5 heterocycles. The van der Waals surface area contributed by atoms with Crippen LogP contribution in [0.2, 0.25) is 10.0 Å². The molecule has 40 heavy (non-hydrogen) atoms. The molecule has 10 nitrogen and oxygen atoms in total. The van der Waals surface area contributed by atoms with Crippen molar-refractivity contribution in [1.82, 2.24) is 24.2 Å². The second-order valence-electron chi connectivity index (χ2n) is 10.1.